The van der Waals surface area contributed by atoms with Gasteiger partial charge in [-0.1, -0.05) is 35.5 Å². The molecule has 1 atom stereocenters. The number of piperidine rings is 1. The molecule has 0 unspecified atom stereocenters. The summed E-state index contributed by atoms with van der Waals surface area (Å²) in [7, 11) is 2.06. The molecule has 0 spiro atoms. The molecule has 1 fully saturated rings. The summed E-state index contributed by atoms with van der Waals surface area (Å²) in [6.45, 7) is 2.45. The van der Waals surface area contributed by atoms with Crippen LogP contribution < -0.4 is 5.32 Å². The zero-order valence-electron chi connectivity index (χ0n) is 14.1. The maximum absolute atomic E-state index is 12.2. The molecule has 1 amide bonds. The lowest BCUT2D eigenvalue weighted by Gasteiger charge is -2.28. The lowest BCUT2D eigenvalue weighted by atomic mass is 9.97. The van der Waals surface area contributed by atoms with Gasteiger partial charge in [0.15, 0.2) is 5.82 Å². The Morgan fingerprint density at radius 2 is 2.21 bits per heavy atom. The van der Waals surface area contributed by atoms with Crippen LogP contribution in [0.2, 0.25) is 0 Å². The van der Waals surface area contributed by atoms with E-state index >= 15 is 0 Å². The van der Waals surface area contributed by atoms with Crippen molar-refractivity contribution < 1.29 is 9.32 Å². The molecule has 2 aromatic rings. The number of carbonyl (C=O) groups is 1. The molecule has 0 saturated carbocycles. The van der Waals surface area contributed by atoms with Gasteiger partial charge in [-0.3, -0.25) is 4.79 Å². The highest BCUT2D eigenvalue weighted by Gasteiger charge is 2.23. The standard InChI is InChI=1S/C18H24N4O2/c1-22-11-5-8-15(13-22)18(23)19-10-9-17-20-16(21-24-17)12-14-6-3-2-4-7-14/h2-4,6-7,15H,5,8-13H2,1H3,(H,19,23)/t15-/m0/s1. The van der Waals surface area contributed by atoms with E-state index in [2.05, 4.69) is 27.4 Å². The van der Waals surface area contributed by atoms with E-state index in [0.29, 0.717) is 31.1 Å². The number of nitrogens with one attached hydrogen (secondary N) is 1. The molecule has 0 radical (unpaired) electrons. The Bertz CT molecular complexity index is 656. The molecule has 128 valence electrons. The van der Waals surface area contributed by atoms with Gasteiger partial charge in [0.1, 0.15) is 0 Å². The normalized spacial score (nSPS) is 18.5. The first-order valence-corrected chi connectivity index (χ1v) is 8.52. The molecule has 2 heterocycles. The predicted molar refractivity (Wildman–Crippen MR) is 90.5 cm³/mol. The summed E-state index contributed by atoms with van der Waals surface area (Å²) in [6, 6.07) is 10.1. The van der Waals surface area contributed by atoms with E-state index in [1.54, 1.807) is 0 Å². The first-order valence-electron chi connectivity index (χ1n) is 8.52. The zero-order valence-corrected chi connectivity index (χ0v) is 14.1. The van der Waals surface area contributed by atoms with Crippen molar-refractivity contribution in [2.45, 2.75) is 25.7 Å². The third-order valence-corrected chi connectivity index (χ3v) is 4.35. The van der Waals surface area contributed by atoms with Crippen molar-refractivity contribution in [3.05, 3.63) is 47.6 Å². The van der Waals surface area contributed by atoms with Gasteiger partial charge in [0.05, 0.1) is 5.92 Å². The first-order chi connectivity index (χ1) is 11.7. The molecule has 1 N–H and O–H groups in total. The Balaban J connectivity index is 1.43. The van der Waals surface area contributed by atoms with Crippen LogP contribution in [0.3, 0.4) is 0 Å². The molecule has 24 heavy (non-hydrogen) atoms. The van der Waals surface area contributed by atoms with E-state index in [1.807, 2.05) is 30.3 Å². The average molecular weight is 328 g/mol. The Morgan fingerprint density at radius 1 is 1.38 bits per heavy atom. The molecule has 1 aromatic heterocycles. The molecule has 1 aromatic carbocycles. The minimum Gasteiger partial charge on any atom is -0.355 e. The number of benzene rings is 1. The molecular formula is C18H24N4O2. The second-order valence-electron chi connectivity index (χ2n) is 6.41. The summed E-state index contributed by atoms with van der Waals surface area (Å²) >= 11 is 0. The van der Waals surface area contributed by atoms with Gasteiger partial charge in [0.2, 0.25) is 11.8 Å². The van der Waals surface area contributed by atoms with E-state index in [9.17, 15) is 4.79 Å². The third-order valence-electron chi connectivity index (χ3n) is 4.35. The quantitative estimate of drug-likeness (QED) is 0.873. The van der Waals surface area contributed by atoms with Gasteiger partial charge in [-0.25, -0.2) is 0 Å². The van der Waals surface area contributed by atoms with Crippen LogP contribution in [0.5, 0.6) is 0 Å². The predicted octanol–water partition coefficient (Wildman–Crippen LogP) is 1.66. The average Bonchev–Trinajstić information content (AvgIpc) is 3.03. The molecule has 6 heteroatoms. The van der Waals surface area contributed by atoms with Crippen LogP contribution in [0.15, 0.2) is 34.9 Å². The molecule has 6 nitrogen and oxygen atoms in total. The van der Waals surface area contributed by atoms with Crippen molar-refractivity contribution in [2.75, 3.05) is 26.7 Å². The van der Waals surface area contributed by atoms with Gasteiger partial charge in [0, 0.05) is 25.9 Å². The molecule has 1 saturated heterocycles. The Kier molecular flexibility index (Phi) is 5.59. The summed E-state index contributed by atoms with van der Waals surface area (Å²) in [4.78, 5) is 18.8. The van der Waals surface area contributed by atoms with Crippen LogP contribution in [0.1, 0.15) is 30.1 Å². The number of amides is 1. The van der Waals surface area contributed by atoms with Gasteiger partial charge in [-0.2, -0.15) is 4.98 Å². The van der Waals surface area contributed by atoms with Crippen molar-refractivity contribution >= 4 is 5.91 Å². The molecule has 3 rings (SSSR count). The minimum atomic E-state index is 0.0973. The summed E-state index contributed by atoms with van der Waals surface area (Å²) in [5.74, 6) is 1.48. The monoisotopic (exact) mass is 328 g/mol. The Labute approximate surface area is 142 Å². The summed E-state index contributed by atoms with van der Waals surface area (Å²) < 4.78 is 5.26. The molecular weight excluding hydrogens is 304 g/mol. The summed E-state index contributed by atoms with van der Waals surface area (Å²) in [6.07, 6.45) is 3.28. The van der Waals surface area contributed by atoms with E-state index in [4.69, 9.17) is 4.52 Å². The number of carbonyl (C=O) groups excluding carboxylic acids is 1. The molecule has 0 aliphatic carbocycles. The number of aromatic nitrogens is 2. The number of nitrogens with zero attached hydrogens (tertiary/aromatic N) is 3. The maximum Gasteiger partial charge on any atom is 0.228 e. The van der Waals surface area contributed by atoms with Gasteiger partial charge in [-0.15, -0.1) is 0 Å². The fourth-order valence-corrected chi connectivity index (χ4v) is 3.06. The summed E-state index contributed by atoms with van der Waals surface area (Å²) in [5, 5.41) is 6.99. The van der Waals surface area contributed by atoms with Crippen molar-refractivity contribution in [3.63, 3.8) is 0 Å². The van der Waals surface area contributed by atoms with Crippen LogP contribution in [0.25, 0.3) is 0 Å². The lowest BCUT2D eigenvalue weighted by Crippen LogP contribution is -2.41. The molecule has 1 aliphatic heterocycles. The second kappa shape index (κ2) is 8.06. The van der Waals surface area contributed by atoms with Gasteiger partial charge < -0.3 is 14.7 Å². The fourth-order valence-electron chi connectivity index (χ4n) is 3.06. The van der Waals surface area contributed by atoms with E-state index in [1.165, 1.54) is 0 Å². The minimum absolute atomic E-state index is 0.0973. The van der Waals surface area contributed by atoms with E-state index in [-0.39, 0.29) is 11.8 Å². The Morgan fingerprint density at radius 3 is 3.00 bits per heavy atom. The largest absolute Gasteiger partial charge is 0.355 e. The highest BCUT2D eigenvalue weighted by atomic mass is 16.5. The van der Waals surface area contributed by atoms with Crippen molar-refractivity contribution in [1.29, 1.82) is 0 Å². The van der Waals surface area contributed by atoms with Crippen LogP contribution in [-0.2, 0) is 17.6 Å². The van der Waals surface area contributed by atoms with Crippen molar-refractivity contribution in [3.8, 4) is 0 Å². The second-order valence-corrected chi connectivity index (χ2v) is 6.41. The van der Waals surface area contributed by atoms with Gasteiger partial charge in [0.25, 0.3) is 0 Å². The smallest absolute Gasteiger partial charge is 0.228 e. The third kappa shape index (κ3) is 4.64. The highest BCUT2D eigenvalue weighted by molar-refractivity contribution is 5.78. The van der Waals surface area contributed by atoms with E-state index in [0.717, 1.165) is 31.5 Å². The topological polar surface area (TPSA) is 71.3 Å². The maximum atomic E-state index is 12.2. The van der Waals surface area contributed by atoms with Crippen LogP contribution in [0.4, 0.5) is 0 Å². The number of hydrogen-bond acceptors (Lipinski definition) is 5. The first kappa shape index (κ1) is 16.6. The SMILES string of the molecule is CN1CCC[C@H](C(=O)NCCc2nc(Cc3ccccc3)no2)C1. The van der Waals surface area contributed by atoms with Crippen molar-refractivity contribution in [2.24, 2.45) is 5.92 Å². The zero-order chi connectivity index (χ0) is 16.8. The van der Waals surface area contributed by atoms with Crippen LogP contribution in [0, 0.1) is 5.92 Å². The van der Waals surface area contributed by atoms with E-state index < -0.39 is 0 Å². The van der Waals surface area contributed by atoms with Crippen LogP contribution >= 0.6 is 0 Å². The van der Waals surface area contributed by atoms with Gasteiger partial charge >= 0.3 is 0 Å². The summed E-state index contributed by atoms with van der Waals surface area (Å²) in [5.41, 5.74) is 1.15. The molecule has 1 aliphatic rings. The number of hydrogen-bond donors (Lipinski definition) is 1. The van der Waals surface area contributed by atoms with Crippen LogP contribution in [-0.4, -0.2) is 47.6 Å². The van der Waals surface area contributed by atoms with Crippen molar-refractivity contribution in [1.82, 2.24) is 20.4 Å². The lowest BCUT2D eigenvalue weighted by molar-refractivity contribution is -0.126. The number of likely N-dealkylation sites (tertiary alicyclic amines) is 1. The number of rotatable bonds is 6. The Hall–Kier alpha value is -2.21. The molecule has 0 bridgehead atoms. The van der Waals surface area contributed by atoms with Gasteiger partial charge in [-0.05, 0) is 32.0 Å². The fraction of sp³-hybridized carbons (Fsp3) is 0.500. The highest BCUT2D eigenvalue weighted by Crippen LogP contribution is 2.15.